The molecule has 0 amide bonds. The summed E-state index contributed by atoms with van der Waals surface area (Å²) in [5.41, 5.74) is 1.31. The lowest BCUT2D eigenvalue weighted by molar-refractivity contribution is 0.235. The van der Waals surface area contributed by atoms with Gasteiger partial charge < -0.3 is 10.1 Å². The topological polar surface area (TPSA) is 21.3 Å². The van der Waals surface area contributed by atoms with E-state index in [1.807, 2.05) is 0 Å². The molecule has 0 bridgehead atoms. The van der Waals surface area contributed by atoms with Gasteiger partial charge in [0.15, 0.2) is 0 Å². The van der Waals surface area contributed by atoms with Crippen LogP contribution in [-0.4, -0.2) is 24.7 Å². The molecule has 1 aliphatic rings. The minimum absolute atomic E-state index is 0.224. The molecule has 0 radical (unpaired) electrons. The van der Waals surface area contributed by atoms with E-state index in [4.69, 9.17) is 4.74 Å². The van der Waals surface area contributed by atoms with Crippen molar-refractivity contribution in [2.24, 2.45) is 5.92 Å². The standard InChI is InChI=1S/C15H23NOS/c1-11(2)17-14-7-5-4-6-13(14)15(16-3)12-8-9-18-10-12/h4-7,11-12,15-16H,8-10H2,1-3H3. The Morgan fingerprint density at radius 2 is 2.11 bits per heavy atom. The van der Waals surface area contributed by atoms with E-state index in [1.54, 1.807) is 0 Å². The summed E-state index contributed by atoms with van der Waals surface area (Å²) in [4.78, 5) is 0. The summed E-state index contributed by atoms with van der Waals surface area (Å²) in [5, 5.41) is 3.48. The molecule has 2 rings (SSSR count). The quantitative estimate of drug-likeness (QED) is 0.880. The predicted molar refractivity (Wildman–Crippen MR) is 79.4 cm³/mol. The summed E-state index contributed by atoms with van der Waals surface area (Å²) in [6, 6.07) is 8.85. The van der Waals surface area contributed by atoms with Gasteiger partial charge in [-0.2, -0.15) is 11.8 Å². The Labute approximate surface area is 114 Å². The van der Waals surface area contributed by atoms with Crippen LogP contribution in [0.25, 0.3) is 0 Å². The van der Waals surface area contributed by atoms with E-state index in [9.17, 15) is 0 Å². The van der Waals surface area contributed by atoms with Gasteiger partial charge in [0.1, 0.15) is 5.75 Å². The Kier molecular flexibility index (Phi) is 4.95. The molecule has 2 atom stereocenters. The second kappa shape index (κ2) is 6.48. The Morgan fingerprint density at radius 1 is 1.33 bits per heavy atom. The monoisotopic (exact) mass is 265 g/mol. The van der Waals surface area contributed by atoms with Crippen LogP contribution < -0.4 is 10.1 Å². The highest BCUT2D eigenvalue weighted by Crippen LogP contribution is 2.37. The van der Waals surface area contributed by atoms with Crippen molar-refractivity contribution in [3.05, 3.63) is 29.8 Å². The maximum absolute atomic E-state index is 5.94. The second-order valence-electron chi connectivity index (χ2n) is 5.09. The highest BCUT2D eigenvalue weighted by atomic mass is 32.2. The largest absolute Gasteiger partial charge is 0.491 e. The zero-order valence-corrected chi connectivity index (χ0v) is 12.3. The Morgan fingerprint density at radius 3 is 2.72 bits per heavy atom. The Balaban J connectivity index is 2.23. The molecule has 1 aliphatic heterocycles. The van der Waals surface area contributed by atoms with Crippen LogP contribution in [-0.2, 0) is 0 Å². The summed E-state index contributed by atoms with van der Waals surface area (Å²) in [5.74, 6) is 4.29. The number of rotatable bonds is 5. The highest BCUT2D eigenvalue weighted by molar-refractivity contribution is 7.99. The van der Waals surface area contributed by atoms with Gasteiger partial charge in [-0.1, -0.05) is 18.2 Å². The minimum atomic E-state index is 0.224. The molecule has 18 heavy (non-hydrogen) atoms. The first-order valence-electron chi connectivity index (χ1n) is 6.73. The van der Waals surface area contributed by atoms with E-state index in [0.29, 0.717) is 6.04 Å². The molecular formula is C15H23NOS. The third-order valence-corrected chi connectivity index (χ3v) is 4.55. The third-order valence-electron chi connectivity index (χ3n) is 3.36. The van der Waals surface area contributed by atoms with Crippen molar-refractivity contribution in [3.8, 4) is 5.75 Å². The smallest absolute Gasteiger partial charge is 0.124 e. The SMILES string of the molecule is CNC(c1ccccc1OC(C)C)C1CCSC1. The van der Waals surface area contributed by atoms with E-state index in [1.165, 1.54) is 23.5 Å². The lowest BCUT2D eigenvalue weighted by Crippen LogP contribution is -2.26. The molecule has 2 nitrogen and oxygen atoms in total. The van der Waals surface area contributed by atoms with Crippen molar-refractivity contribution in [2.75, 3.05) is 18.6 Å². The number of nitrogens with one attached hydrogen (secondary N) is 1. The zero-order chi connectivity index (χ0) is 13.0. The fraction of sp³-hybridized carbons (Fsp3) is 0.600. The Bertz CT molecular complexity index is 375. The van der Waals surface area contributed by atoms with Crippen molar-refractivity contribution >= 4 is 11.8 Å². The van der Waals surface area contributed by atoms with Gasteiger partial charge in [-0.05, 0) is 50.8 Å². The van der Waals surface area contributed by atoms with Crippen LogP contribution in [0.2, 0.25) is 0 Å². The van der Waals surface area contributed by atoms with E-state index < -0.39 is 0 Å². The maximum atomic E-state index is 5.94. The molecule has 0 spiro atoms. The summed E-state index contributed by atoms with van der Waals surface area (Å²) in [6.07, 6.45) is 1.52. The molecule has 100 valence electrons. The summed E-state index contributed by atoms with van der Waals surface area (Å²) >= 11 is 2.06. The first-order chi connectivity index (χ1) is 8.72. The van der Waals surface area contributed by atoms with Crippen LogP contribution in [0.3, 0.4) is 0 Å². The van der Waals surface area contributed by atoms with Gasteiger partial charge in [-0.25, -0.2) is 0 Å². The van der Waals surface area contributed by atoms with Gasteiger partial charge in [-0.3, -0.25) is 0 Å². The molecular weight excluding hydrogens is 242 g/mol. The molecule has 0 saturated carbocycles. The van der Waals surface area contributed by atoms with E-state index in [0.717, 1.165) is 11.7 Å². The molecule has 1 fully saturated rings. The first kappa shape index (κ1) is 13.8. The number of hydrogen-bond acceptors (Lipinski definition) is 3. The van der Waals surface area contributed by atoms with Crippen LogP contribution in [0.4, 0.5) is 0 Å². The van der Waals surface area contributed by atoms with E-state index in [-0.39, 0.29) is 6.10 Å². The van der Waals surface area contributed by atoms with Crippen LogP contribution in [0.15, 0.2) is 24.3 Å². The van der Waals surface area contributed by atoms with Crippen LogP contribution in [0.1, 0.15) is 31.9 Å². The van der Waals surface area contributed by atoms with Crippen molar-refractivity contribution in [1.82, 2.24) is 5.32 Å². The zero-order valence-electron chi connectivity index (χ0n) is 11.5. The van der Waals surface area contributed by atoms with Crippen molar-refractivity contribution in [2.45, 2.75) is 32.4 Å². The van der Waals surface area contributed by atoms with E-state index >= 15 is 0 Å². The van der Waals surface area contributed by atoms with Crippen LogP contribution in [0, 0.1) is 5.92 Å². The molecule has 0 aliphatic carbocycles. The fourth-order valence-corrected chi connectivity index (χ4v) is 3.86. The van der Waals surface area contributed by atoms with Gasteiger partial charge in [0.05, 0.1) is 6.10 Å². The molecule has 2 unspecified atom stereocenters. The lowest BCUT2D eigenvalue weighted by atomic mass is 9.92. The molecule has 1 saturated heterocycles. The van der Waals surface area contributed by atoms with Gasteiger partial charge in [-0.15, -0.1) is 0 Å². The van der Waals surface area contributed by atoms with Crippen LogP contribution in [0.5, 0.6) is 5.75 Å². The van der Waals surface area contributed by atoms with E-state index in [2.05, 4.69) is 62.2 Å². The predicted octanol–water partition coefficient (Wildman–Crippen LogP) is 3.49. The van der Waals surface area contributed by atoms with Gasteiger partial charge >= 0.3 is 0 Å². The molecule has 1 aromatic rings. The first-order valence-corrected chi connectivity index (χ1v) is 7.88. The average Bonchev–Trinajstić information content (AvgIpc) is 2.85. The minimum Gasteiger partial charge on any atom is -0.491 e. The third kappa shape index (κ3) is 3.21. The summed E-state index contributed by atoms with van der Waals surface area (Å²) in [7, 11) is 2.06. The molecule has 0 aromatic heterocycles. The van der Waals surface area contributed by atoms with Crippen LogP contribution >= 0.6 is 11.8 Å². The van der Waals surface area contributed by atoms with Gasteiger partial charge in [0.2, 0.25) is 0 Å². The number of hydrogen-bond donors (Lipinski definition) is 1. The maximum Gasteiger partial charge on any atom is 0.124 e. The Hall–Kier alpha value is -0.670. The highest BCUT2D eigenvalue weighted by Gasteiger charge is 2.27. The number of thioether (sulfide) groups is 1. The lowest BCUT2D eigenvalue weighted by Gasteiger charge is -2.25. The number of benzene rings is 1. The van der Waals surface area contributed by atoms with Crippen molar-refractivity contribution in [3.63, 3.8) is 0 Å². The number of para-hydroxylation sites is 1. The van der Waals surface area contributed by atoms with Gasteiger partial charge in [0, 0.05) is 11.6 Å². The summed E-state index contributed by atoms with van der Waals surface area (Å²) < 4.78 is 5.94. The second-order valence-corrected chi connectivity index (χ2v) is 6.24. The molecule has 1 aromatic carbocycles. The average molecular weight is 265 g/mol. The summed E-state index contributed by atoms with van der Waals surface area (Å²) in [6.45, 7) is 4.16. The molecule has 3 heteroatoms. The molecule has 1 N–H and O–H groups in total. The normalized spacial score (nSPS) is 21.2. The van der Waals surface area contributed by atoms with Gasteiger partial charge in [0.25, 0.3) is 0 Å². The van der Waals surface area contributed by atoms with Crippen molar-refractivity contribution in [1.29, 1.82) is 0 Å². The fourth-order valence-electron chi connectivity index (χ4n) is 2.56. The van der Waals surface area contributed by atoms with Crippen molar-refractivity contribution < 1.29 is 4.74 Å². The number of ether oxygens (including phenoxy) is 1. The molecule has 1 heterocycles.